The minimum atomic E-state index is 0.0719. The number of fused-ring (bicyclic) bond motifs is 1. The van der Waals surface area contributed by atoms with Gasteiger partial charge in [-0.05, 0) is 28.4 Å². The molecule has 0 fully saturated rings. The molecule has 2 rings (SSSR count). The lowest BCUT2D eigenvalue weighted by Crippen LogP contribution is -1.97. The minimum Gasteiger partial charge on any atom is -0.495 e. The Bertz CT molecular complexity index is 378. The van der Waals surface area contributed by atoms with Crippen LogP contribution in [0.1, 0.15) is 5.56 Å². The summed E-state index contributed by atoms with van der Waals surface area (Å²) >= 11 is 3.40. The monoisotopic (exact) mass is 274 g/mol. The van der Waals surface area contributed by atoms with Gasteiger partial charge in [0.2, 0.25) is 6.79 Å². The first kappa shape index (κ1) is 10.6. The number of ether oxygens (including phenoxy) is 3. The van der Waals surface area contributed by atoms with Crippen LogP contribution in [0.4, 0.5) is 0 Å². The summed E-state index contributed by atoms with van der Waals surface area (Å²) < 4.78 is 16.6. The zero-order chi connectivity index (χ0) is 10.8. The molecule has 15 heavy (non-hydrogen) atoms. The molecule has 0 bridgehead atoms. The zero-order valence-corrected chi connectivity index (χ0v) is 9.83. The highest BCUT2D eigenvalue weighted by atomic mass is 79.9. The van der Waals surface area contributed by atoms with E-state index in [1.54, 1.807) is 7.11 Å². The van der Waals surface area contributed by atoms with Crippen LogP contribution < -0.4 is 14.2 Å². The molecular formula is C10H11BrO4. The summed E-state index contributed by atoms with van der Waals surface area (Å²) in [5.74, 6) is 2.04. The normalized spacial score (nSPS) is 13.0. The maximum absolute atomic E-state index is 8.94. The van der Waals surface area contributed by atoms with Crippen molar-refractivity contribution in [2.24, 2.45) is 0 Å². The number of hydrogen-bond donors (Lipinski definition) is 1. The van der Waals surface area contributed by atoms with Gasteiger partial charge in [0.1, 0.15) is 10.2 Å². The van der Waals surface area contributed by atoms with Crippen LogP contribution in [0.3, 0.4) is 0 Å². The third-order valence-electron chi connectivity index (χ3n) is 2.22. The van der Waals surface area contributed by atoms with Gasteiger partial charge in [-0.15, -0.1) is 0 Å². The smallest absolute Gasteiger partial charge is 0.231 e. The van der Waals surface area contributed by atoms with E-state index in [2.05, 4.69) is 15.9 Å². The Balaban J connectivity index is 2.51. The average molecular weight is 275 g/mol. The van der Waals surface area contributed by atoms with Crippen LogP contribution in [0.2, 0.25) is 0 Å². The first-order chi connectivity index (χ1) is 7.27. The third kappa shape index (κ3) is 1.77. The molecule has 0 saturated heterocycles. The van der Waals surface area contributed by atoms with Gasteiger partial charge in [0.15, 0.2) is 11.5 Å². The molecule has 1 aliphatic rings. The van der Waals surface area contributed by atoms with Gasteiger partial charge in [0.05, 0.1) is 7.11 Å². The van der Waals surface area contributed by atoms with E-state index in [4.69, 9.17) is 19.3 Å². The molecule has 5 heteroatoms. The van der Waals surface area contributed by atoms with E-state index < -0.39 is 0 Å². The zero-order valence-electron chi connectivity index (χ0n) is 8.25. The lowest BCUT2D eigenvalue weighted by Gasteiger charge is -2.11. The largest absolute Gasteiger partial charge is 0.495 e. The third-order valence-corrected chi connectivity index (χ3v) is 2.94. The summed E-state index contributed by atoms with van der Waals surface area (Å²) in [7, 11) is 1.59. The number of hydrogen-bond acceptors (Lipinski definition) is 4. The average Bonchev–Trinajstić information content (AvgIpc) is 2.67. The van der Waals surface area contributed by atoms with Crippen molar-refractivity contribution >= 4 is 15.9 Å². The fourth-order valence-electron chi connectivity index (χ4n) is 1.56. The van der Waals surface area contributed by atoms with Crippen LogP contribution in [0.25, 0.3) is 0 Å². The molecule has 1 heterocycles. The lowest BCUT2D eigenvalue weighted by molar-refractivity contribution is 0.173. The van der Waals surface area contributed by atoms with Crippen molar-refractivity contribution in [3.05, 3.63) is 16.1 Å². The number of rotatable bonds is 3. The quantitative estimate of drug-likeness (QED) is 0.912. The molecule has 0 amide bonds. The van der Waals surface area contributed by atoms with Crippen molar-refractivity contribution in [3.8, 4) is 17.2 Å². The standard InChI is InChI=1S/C10H11BrO4/c1-13-9-6(2-3-12)4-7-10(8(9)11)15-5-14-7/h4,12H,2-3,5H2,1H3. The second-order valence-corrected chi connectivity index (χ2v) is 3.88. The van der Waals surface area contributed by atoms with Crippen molar-refractivity contribution in [2.75, 3.05) is 20.5 Å². The minimum absolute atomic E-state index is 0.0719. The number of methoxy groups -OCH3 is 1. The second-order valence-electron chi connectivity index (χ2n) is 3.09. The maximum atomic E-state index is 8.94. The Labute approximate surface area is 95.9 Å². The van der Waals surface area contributed by atoms with Crippen molar-refractivity contribution < 1.29 is 19.3 Å². The Morgan fingerprint density at radius 2 is 2.33 bits per heavy atom. The predicted octanol–water partition coefficient (Wildman–Crippen LogP) is 1.72. The van der Waals surface area contributed by atoms with Crippen LogP contribution >= 0.6 is 15.9 Å². The molecule has 1 aromatic carbocycles. The molecule has 1 aromatic rings. The van der Waals surface area contributed by atoms with Crippen molar-refractivity contribution in [1.82, 2.24) is 0 Å². The molecule has 0 aliphatic carbocycles. The summed E-state index contributed by atoms with van der Waals surface area (Å²) in [5, 5.41) is 8.94. The van der Waals surface area contributed by atoms with E-state index in [1.165, 1.54) is 0 Å². The Hall–Kier alpha value is -0.940. The first-order valence-corrected chi connectivity index (χ1v) is 5.33. The Morgan fingerprint density at radius 3 is 3.00 bits per heavy atom. The van der Waals surface area contributed by atoms with Gasteiger partial charge < -0.3 is 19.3 Å². The number of benzene rings is 1. The van der Waals surface area contributed by atoms with Gasteiger partial charge in [-0.25, -0.2) is 0 Å². The van der Waals surface area contributed by atoms with Crippen molar-refractivity contribution in [1.29, 1.82) is 0 Å². The van der Waals surface area contributed by atoms with Crippen LogP contribution in [0, 0.1) is 0 Å². The summed E-state index contributed by atoms with van der Waals surface area (Å²) in [5.41, 5.74) is 0.899. The fourth-order valence-corrected chi connectivity index (χ4v) is 2.29. The summed E-state index contributed by atoms with van der Waals surface area (Å²) in [6, 6.07) is 1.84. The van der Waals surface area contributed by atoms with Gasteiger partial charge in [-0.2, -0.15) is 0 Å². The van der Waals surface area contributed by atoms with Gasteiger partial charge in [0, 0.05) is 12.2 Å². The summed E-state index contributed by atoms with van der Waals surface area (Å²) in [6.45, 7) is 0.294. The van der Waals surface area contributed by atoms with E-state index in [1.807, 2.05) is 6.07 Å². The lowest BCUT2D eigenvalue weighted by atomic mass is 10.1. The molecule has 0 atom stereocenters. The molecule has 0 saturated carbocycles. The van der Waals surface area contributed by atoms with E-state index in [9.17, 15) is 0 Å². The maximum Gasteiger partial charge on any atom is 0.231 e. The molecule has 4 nitrogen and oxygen atoms in total. The molecule has 82 valence electrons. The second kappa shape index (κ2) is 4.28. The van der Waals surface area contributed by atoms with Gasteiger partial charge in [0.25, 0.3) is 0 Å². The molecule has 0 radical (unpaired) electrons. The molecule has 1 N–H and O–H groups in total. The summed E-state index contributed by atoms with van der Waals surface area (Å²) in [6.07, 6.45) is 0.526. The van der Waals surface area contributed by atoms with E-state index in [-0.39, 0.29) is 13.4 Å². The number of aliphatic hydroxyl groups is 1. The SMILES string of the molecule is COc1c(CCO)cc2c(c1Br)OCO2. The first-order valence-electron chi connectivity index (χ1n) is 4.53. The van der Waals surface area contributed by atoms with Crippen LogP contribution in [-0.2, 0) is 6.42 Å². The predicted molar refractivity (Wildman–Crippen MR) is 57.6 cm³/mol. The van der Waals surface area contributed by atoms with Crippen molar-refractivity contribution in [3.63, 3.8) is 0 Å². The molecule has 0 unspecified atom stereocenters. The van der Waals surface area contributed by atoms with Gasteiger partial charge in [-0.1, -0.05) is 0 Å². The highest BCUT2D eigenvalue weighted by Crippen LogP contribution is 2.46. The van der Waals surface area contributed by atoms with E-state index in [0.717, 1.165) is 10.0 Å². The molecule has 0 aromatic heterocycles. The number of halogens is 1. The Kier molecular flexibility index (Phi) is 3.02. The Morgan fingerprint density at radius 1 is 1.53 bits per heavy atom. The highest BCUT2D eigenvalue weighted by molar-refractivity contribution is 9.10. The van der Waals surface area contributed by atoms with Crippen LogP contribution in [-0.4, -0.2) is 25.6 Å². The fraction of sp³-hybridized carbons (Fsp3) is 0.400. The molecular weight excluding hydrogens is 264 g/mol. The molecule has 1 aliphatic heterocycles. The van der Waals surface area contributed by atoms with Gasteiger partial charge >= 0.3 is 0 Å². The molecule has 0 spiro atoms. The topological polar surface area (TPSA) is 47.9 Å². The number of aliphatic hydroxyl groups excluding tert-OH is 1. The van der Waals surface area contributed by atoms with E-state index >= 15 is 0 Å². The van der Waals surface area contributed by atoms with Crippen molar-refractivity contribution in [2.45, 2.75) is 6.42 Å². The van der Waals surface area contributed by atoms with E-state index in [0.29, 0.717) is 23.7 Å². The van der Waals surface area contributed by atoms with Crippen LogP contribution in [0.5, 0.6) is 17.2 Å². The summed E-state index contributed by atoms with van der Waals surface area (Å²) in [4.78, 5) is 0. The highest BCUT2D eigenvalue weighted by Gasteiger charge is 2.23. The van der Waals surface area contributed by atoms with Crippen LogP contribution in [0.15, 0.2) is 10.5 Å². The van der Waals surface area contributed by atoms with Gasteiger partial charge in [-0.3, -0.25) is 0 Å².